The molecule has 0 radical (unpaired) electrons. The zero-order valence-electron chi connectivity index (χ0n) is 15.1. The Bertz CT molecular complexity index is 723. The summed E-state index contributed by atoms with van der Waals surface area (Å²) in [4.78, 5) is 40.0. The lowest BCUT2D eigenvalue weighted by Crippen LogP contribution is -2.45. The molecule has 2 fully saturated rings. The molecule has 1 aliphatic carbocycles. The fourth-order valence-corrected chi connectivity index (χ4v) is 3.76. The highest BCUT2D eigenvalue weighted by atomic mass is 16.2. The number of aryl methyl sites for hydroxylation is 2. The summed E-state index contributed by atoms with van der Waals surface area (Å²) in [6.07, 6.45) is 3.20. The monoisotopic (exact) mass is 343 g/mol. The molecule has 1 aromatic carbocycles. The summed E-state index contributed by atoms with van der Waals surface area (Å²) in [5, 5.41) is 2.81. The molecule has 0 unspecified atom stereocenters. The number of rotatable bonds is 4. The Balaban J connectivity index is 1.65. The van der Waals surface area contributed by atoms with Gasteiger partial charge < -0.3 is 10.2 Å². The summed E-state index contributed by atoms with van der Waals surface area (Å²) < 4.78 is 0. The van der Waals surface area contributed by atoms with Gasteiger partial charge in [0.1, 0.15) is 12.1 Å². The lowest BCUT2D eigenvalue weighted by Gasteiger charge is -2.22. The van der Waals surface area contributed by atoms with E-state index in [-0.39, 0.29) is 18.4 Å². The number of urea groups is 1. The van der Waals surface area contributed by atoms with Crippen molar-refractivity contribution in [2.24, 2.45) is 0 Å². The number of nitrogens with one attached hydrogen (secondary N) is 1. The molecule has 4 amide bonds. The minimum atomic E-state index is -0.760. The molecule has 25 heavy (non-hydrogen) atoms. The maximum Gasteiger partial charge on any atom is 0.325 e. The number of likely N-dealkylation sites (N-methyl/N-ethyl adjacent to an activating group) is 1. The molecule has 1 saturated carbocycles. The molecule has 1 aromatic rings. The SMILES string of the molecule is Cc1ccc(CN(C)C(=O)CN2C(=O)NC3(CCCC3)C2=O)c(C)c1. The first kappa shape index (κ1) is 17.5. The Kier molecular flexibility index (Phi) is 4.54. The van der Waals surface area contributed by atoms with Gasteiger partial charge >= 0.3 is 6.03 Å². The Hall–Kier alpha value is -2.37. The van der Waals surface area contributed by atoms with Crippen LogP contribution >= 0.6 is 0 Å². The van der Waals surface area contributed by atoms with Crippen LogP contribution in [0.5, 0.6) is 0 Å². The van der Waals surface area contributed by atoms with E-state index in [1.54, 1.807) is 11.9 Å². The predicted molar refractivity (Wildman–Crippen MR) is 93.8 cm³/mol. The van der Waals surface area contributed by atoms with Crippen LogP contribution in [0.3, 0.4) is 0 Å². The summed E-state index contributed by atoms with van der Waals surface area (Å²) in [7, 11) is 1.70. The van der Waals surface area contributed by atoms with Gasteiger partial charge in [0.25, 0.3) is 5.91 Å². The zero-order chi connectivity index (χ0) is 18.2. The minimum absolute atomic E-state index is 0.201. The summed E-state index contributed by atoms with van der Waals surface area (Å²) in [6.45, 7) is 4.30. The maximum absolute atomic E-state index is 12.6. The minimum Gasteiger partial charge on any atom is -0.340 e. The molecule has 1 spiro atoms. The summed E-state index contributed by atoms with van der Waals surface area (Å²) >= 11 is 0. The topological polar surface area (TPSA) is 69.7 Å². The molecule has 1 saturated heterocycles. The number of amides is 4. The smallest absolute Gasteiger partial charge is 0.325 e. The van der Waals surface area contributed by atoms with Crippen molar-refractivity contribution in [1.82, 2.24) is 15.1 Å². The standard InChI is InChI=1S/C19H25N3O3/c1-13-6-7-15(14(2)10-13)11-21(3)16(23)12-22-17(24)19(20-18(22)25)8-4-5-9-19/h6-7,10H,4-5,8-9,11-12H2,1-3H3,(H,20,25). The third kappa shape index (κ3) is 3.25. The van der Waals surface area contributed by atoms with Crippen LogP contribution in [0.25, 0.3) is 0 Å². The average Bonchev–Trinajstić information content (AvgIpc) is 3.11. The molecule has 0 aromatic heterocycles. The van der Waals surface area contributed by atoms with Gasteiger partial charge in [0.05, 0.1) is 0 Å². The summed E-state index contributed by atoms with van der Waals surface area (Å²) in [5.41, 5.74) is 2.60. The molecule has 6 nitrogen and oxygen atoms in total. The van der Waals surface area contributed by atoms with Gasteiger partial charge in [-0.15, -0.1) is 0 Å². The lowest BCUT2D eigenvalue weighted by atomic mass is 9.98. The molecule has 6 heteroatoms. The van der Waals surface area contributed by atoms with E-state index in [1.165, 1.54) is 5.56 Å². The Morgan fingerprint density at radius 1 is 1.24 bits per heavy atom. The second-order valence-corrected chi connectivity index (χ2v) is 7.29. The van der Waals surface area contributed by atoms with E-state index >= 15 is 0 Å². The Labute approximate surface area is 148 Å². The van der Waals surface area contributed by atoms with Crippen molar-refractivity contribution in [1.29, 1.82) is 0 Å². The van der Waals surface area contributed by atoms with Gasteiger partial charge in [0.15, 0.2) is 0 Å². The highest BCUT2D eigenvalue weighted by Crippen LogP contribution is 2.34. The van der Waals surface area contributed by atoms with Crippen molar-refractivity contribution in [3.05, 3.63) is 34.9 Å². The number of imide groups is 1. The Morgan fingerprint density at radius 2 is 1.92 bits per heavy atom. The first-order chi connectivity index (χ1) is 11.8. The van der Waals surface area contributed by atoms with Crippen LogP contribution in [-0.2, 0) is 16.1 Å². The van der Waals surface area contributed by atoms with Gasteiger partial charge in [-0.1, -0.05) is 36.6 Å². The number of hydrogen-bond donors (Lipinski definition) is 1. The van der Waals surface area contributed by atoms with Gasteiger partial charge in [-0.2, -0.15) is 0 Å². The highest BCUT2D eigenvalue weighted by molar-refractivity contribution is 6.09. The number of carbonyl (C=O) groups excluding carboxylic acids is 3. The van der Waals surface area contributed by atoms with Crippen LogP contribution in [0.2, 0.25) is 0 Å². The van der Waals surface area contributed by atoms with Crippen molar-refractivity contribution in [3.63, 3.8) is 0 Å². The largest absolute Gasteiger partial charge is 0.340 e. The van der Waals surface area contributed by atoms with Crippen LogP contribution in [0.1, 0.15) is 42.4 Å². The van der Waals surface area contributed by atoms with Gasteiger partial charge in [-0.05, 0) is 37.8 Å². The molecule has 0 atom stereocenters. The fourth-order valence-electron chi connectivity index (χ4n) is 3.76. The number of hydrogen-bond acceptors (Lipinski definition) is 3. The maximum atomic E-state index is 12.6. The number of carbonyl (C=O) groups is 3. The van der Waals surface area contributed by atoms with E-state index in [0.717, 1.165) is 28.9 Å². The van der Waals surface area contributed by atoms with E-state index in [0.29, 0.717) is 19.4 Å². The zero-order valence-corrected chi connectivity index (χ0v) is 15.1. The van der Waals surface area contributed by atoms with Gasteiger partial charge in [-0.25, -0.2) is 4.79 Å². The molecule has 0 bridgehead atoms. The van der Waals surface area contributed by atoms with Crippen molar-refractivity contribution < 1.29 is 14.4 Å². The van der Waals surface area contributed by atoms with E-state index < -0.39 is 11.6 Å². The first-order valence-corrected chi connectivity index (χ1v) is 8.77. The first-order valence-electron chi connectivity index (χ1n) is 8.77. The van der Waals surface area contributed by atoms with Crippen LogP contribution in [0.4, 0.5) is 4.79 Å². The molecule has 3 rings (SSSR count). The third-order valence-corrected chi connectivity index (χ3v) is 5.33. The van der Waals surface area contributed by atoms with Gasteiger partial charge in [0.2, 0.25) is 5.91 Å². The third-order valence-electron chi connectivity index (χ3n) is 5.33. The van der Waals surface area contributed by atoms with Crippen molar-refractivity contribution in [2.45, 2.75) is 51.6 Å². The fraction of sp³-hybridized carbons (Fsp3) is 0.526. The molecule has 1 aliphatic heterocycles. The molecular formula is C19H25N3O3. The van der Waals surface area contributed by atoms with Crippen molar-refractivity contribution >= 4 is 17.8 Å². The molecule has 1 N–H and O–H groups in total. The van der Waals surface area contributed by atoms with Crippen molar-refractivity contribution in [2.75, 3.05) is 13.6 Å². The second-order valence-electron chi connectivity index (χ2n) is 7.29. The van der Waals surface area contributed by atoms with E-state index in [2.05, 4.69) is 11.4 Å². The summed E-state index contributed by atoms with van der Waals surface area (Å²) in [6, 6.07) is 5.66. The Morgan fingerprint density at radius 3 is 2.56 bits per heavy atom. The number of nitrogens with zero attached hydrogens (tertiary/aromatic N) is 2. The second kappa shape index (κ2) is 6.50. The normalized spacial score (nSPS) is 18.8. The molecule has 134 valence electrons. The quantitative estimate of drug-likeness (QED) is 0.852. The average molecular weight is 343 g/mol. The predicted octanol–water partition coefficient (Wildman–Crippen LogP) is 2.13. The van der Waals surface area contributed by atoms with Gasteiger partial charge in [-0.3, -0.25) is 14.5 Å². The molecular weight excluding hydrogens is 318 g/mol. The summed E-state index contributed by atoms with van der Waals surface area (Å²) in [5.74, 6) is -0.484. The highest BCUT2D eigenvalue weighted by Gasteiger charge is 2.52. The van der Waals surface area contributed by atoms with E-state index in [1.807, 2.05) is 26.0 Å². The van der Waals surface area contributed by atoms with Crippen LogP contribution < -0.4 is 5.32 Å². The van der Waals surface area contributed by atoms with Gasteiger partial charge in [0, 0.05) is 13.6 Å². The lowest BCUT2D eigenvalue weighted by molar-refractivity contribution is -0.138. The van der Waals surface area contributed by atoms with Crippen LogP contribution in [-0.4, -0.2) is 46.8 Å². The van der Waals surface area contributed by atoms with E-state index in [4.69, 9.17) is 0 Å². The molecule has 2 aliphatic rings. The van der Waals surface area contributed by atoms with E-state index in [9.17, 15) is 14.4 Å². The van der Waals surface area contributed by atoms with Crippen LogP contribution in [0.15, 0.2) is 18.2 Å². The van der Waals surface area contributed by atoms with Crippen molar-refractivity contribution in [3.8, 4) is 0 Å². The molecule has 1 heterocycles. The van der Waals surface area contributed by atoms with Crippen LogP contribution in [0, 0.1) is 13.8 Å². The number of benzene rings is 1.